The van der Waals surface area contributed by atoms with E-state index in [2.05, 4.69) is 15.6 Å². The van der Waals surface area contributed by atoms with Gasteiger partial charge in [-0.1, -0.05) is 29.8 Å². The molecule has 0 radical (unpaired) electrons. The first-order valence-corrected chi connectivity index (χ1v) is 8.59. The third-order valence-corrected chi connectivity index (χ3v) is 4.43. The summed E-state index contributed by atoms with van der Waals surface area (Å²) < 4.78 is 0. The van der Waals surface area contributed by atoms with Crippen LogP contribution in [0.1, 0.15) is 21.1 Å². The van der Waals surface area contributed by atoms with Gasteiger partial charge in [-0.25, -0.2) is 4.98 Å². The summed E-state index contributed by atoms with van der Waals surface area (Å²) in [6.45, 7) is 3.90. The van der Waals surface area contributed by atoms with Gasteiger partial charge < -0.3 is 10.6 Å². The molecule has 2 N–H and O–H groups in total. The molecule has 0 fully saturated rings. The smallest absolute Gasteiger partial charge is 0.277 e. The number of benzene rings is 2. The summed E-state index contributed by atoms with van der Waals surface area (Å²) in [5.74, 6) is -0.267. The van der Waals surface area contributed by atoms with Gasteiger partial charge in [-0.2, -0.15) is 0 Å². The highest BCUT2D eigenvalue weighted by Crippen LogP contribution is 2.29. The summed E-state index contributed by atoms with van der Waals surface area (Å²) in [4.78, 5) is 16.9. The average molecular weight is 358 g/mol. The second kappa shape index (κ2) is 7.03. The minimum absolute atomic E-state index is 0.267. The number of hydrogen-bond acceptors (Lipinski definition) is 4. The van der Waals surface area contributed by atoms with Crippen LogP contribution in [0.5, 0.6) is 0 Å². The summed E-state index contributed by atoms with van der Waals surface area (Å²) in [6.07, 6.45) is 0. The van der Waals surface area contributed by atoms with Gasteiger partial charge in [-0.05, 0) is 49.7 Å². The lowest BCUT2D eigenvalue weighted by Crippen LogP contribution is -2.14. The number of carbonyl (C=O) groups excluding carboxylic acids is 1. The Morgan fingerprint density at radius 1 is 1.08 bits per heavy atom. The summed E-state index contributed by atoms with van der Waals surface area (Å²) in [6, 6.07) is 15.0. The van der Waals surface area contributed by atoms with E-state index in [-0.39, 0.29) is 5.91 Å². The van der Waals surface area contributed by atoms with Gasteiger partial charge in [0, 0.05) is 16.4 Å². The molecular weight excluding hydrogens is 342 g/mol. The van der Waals surface area contributed by atoms with E-state index in [0.717, 1.165) is 21.3 Å². The number of hydrogen-bond donors (Lipinski definition) is 2. The SMILES string of the molecule is Cc1cccc(Nc2sc(C)nc2C(=O)Nc2cccc(Cl)c2)c1. The molecule has 4 nitrogen and oxygen atoms in total. The lowest BCUT2D eigenvalue weighted by atomic mass is 10.2. The number of carbonyl (C=O) groups is 1. The molecular formula is C18H16ClN3OS. The maximum absolute atomic E-state index is 12.6. The molecule has 1 heterocycles. The number of halogens is 1. The van der Waals surface area contributed by atoms with Crippen LogP contribution in [-0.2, 0) is 0 Å². The lowest BCUT2D eigenvalue weighted by Gasteiger charge is -2.08. The quantitative estimate of drug-likeness (QED) is 0.656. The molecule has 0 spiro atoms. The van der Waals surface area contributed by atoms with E-state index in [0.29, 0.717) is 16.4 Å². The summed E-state index contributed by atoms with van der Waals surface area (Å²) >= 11 is 7.40. The fourth-order valence-corrected chi connectivity index (χ4v) is 3.30. The predicted octanol–water partition coefficient (Wildman–Crippen LogP) is 5.41. The molecule has 0 aliphatic heterocycles. The molecule has 0 aliphatic rings. The van der Waals surface area contributed by atoms with Crippen molar-refractivity contribution in [2.24, 2.45) is 0 Å². The number of anilines is 3. The Labute approximate surface area is 149 Å². The Morgan fingerprint density at radius 2 is 1.83 bits per heavy atom. The third-order valence-electron chi connectivity index (χ3n) is 3.31. The molecule has 3 aromatic rings. The van der Waals surface area contributed by atoms with Crippen molar-refractivity contribution < 1.29 is 4.79 Å². The fraction of sp³-hybridized carbons (Fsp3) is 0.111. The second-order valence-corrected chi connectivity index (χ2v) is 7.01. The van der Waals surface area contributed by atoms with Gasteiger partial charge in [0.15, 0.2) is 5.69 Å². The lowest BCUT2D eigenvalue weighted by molar-refractivity contribution is 0.102. The maximum atomic E-state index is 12.6. The molecule has 1 amide bonds. The number of aromatic nitrogens is 1. The van der Waals surface area contributed by atoms with E-state index in [1.165, 1.54) is 11.3 Å². The van der Waals surface area contributed by atoms with Crippen LogP contribution >= 0.6 is 22.9 Å². The standard InChI is InChI=1S/C18H16ClN3OS/c1-11-5-3-7-14(9-11)22-18-16(20-12(2)24-18)17(23)21-15-8-4-6-13(19)10-15/h3-10,22H,1-2H3,(H,21,23). The highest BCUT2D eigenvalue weighted by atomic mass is 35.5. The molecule has 0 bridgehead atoms. The Kier molecular flexibility index (Phi) is 4.83. The molecule has 2 aromatic carbocycles. The van der Waals surface area contributed by atoms with E-state index < -0.39 is 0 Å². The zero-order chi connectivity index (χ0) is 17.1. The number of aryl methyl sites for hydroxylation is 2. The highest BCUT2D eigenvalue weighted by molar-refractivity contribution is 7.16. The van der Waals surface area contributed by atoms with Crippen LogP contribution in [0.4, 0.5) is 16.4 Å². The van der Waals surface area contributed by atoms with Gasteiger partial charge in [0.25, 0.3) is 5.91 Å². The maximum Gasteiger partial charge on any atom is 0.277 e. The normalized spacial score (nSPS) is 10.5. The van der Waals surface area contributed by atoms with Crippen LogP contribution in [-0.4, -0.2) is 10.9 Å². The molecule has 122 valence electrons. The van der Waals surface area contributed by atoms with Crippen LogP contribution < -0.4 is 10.6 Å². The van der Waals surface area contributed by atoms with Gasteiger partial charge in [0.2, 0.25) is 0 Å². The first-order valence-electron chi connectivity index (χ1n) is 7.39. The topological polar surface area (TPSA) is 54.0 Å². The first kappa shape index (κ1) is 16.5. The summed E-state index contributed by atoms with van der Waals surface area (Å²) in [5.41, 5.74) is 3.08. The number of amides is 1. The van der Waals surface area contributed by atoms with Crippen molar-refractivity contribution in [3.8, 4) is 0 Å². The molecule has 0 unspecified atom stereocenters. The molecule has 0 aliphatic carbocycles. The summed E-state index contributed by atoms with van der Waals surface area (Å²) in [5, 5.41) is 8.22. The van der Waals surface area contributed by atoms with Gasteiger partial charge in [0.05, 0.1) is 5.01 Å². The van der Waals surface area contributed by atoms with Crippen molar-refractivity contribution in [3.05, 3.63) is 69.8 Å². The van der Waals surface area contributed by atoms with Gasteiger partial charge in [-0.15, -0.1) is 11.3 Å². The number of nitrogens with one attached hydrogen (secondary N) is 2. The Balaban J connectivity index is 1.84. The van der Waals surface area contributed by atoms with Crippen LogP contribution in [0.25, 0.3) is 0 Å². The van der Waals surface area contributed by atoms with E-state index in [1.54, 1.807) is 24.3 Å². The Bertz CT molecular complexity index is 891. The fourth-order valence-electron chi connectivity index (χ4n) is 2.28. The molecule has 6 heteroatoms. The second-order valence-electron chi connectivity index (χ2n) is 5.37. The molecule has 3 rings (SSSR count). The van der Waals surface area contributed by atoms with Crippen molar-refractivity contribution in [1.82, 2.24) is 4.98 Å². The summed E-state index contributed by atoms with van der Waals surface area (Å²) in [7, 11) is 0. The van der Waals surface area contributed by atoms with Gasteiger partial charge in [0.1, 0.15) is 5.00 Å². The van der Waals surface area contributed by atoms with E-state index in [4.69, 9.17) is 11.6 Å². The van der Waals surface area contributed by atoms with Crippen LogP contribution in [0.3, 0.4) is 0 Å². The molecule has 0 atom stereocenters. The zero-order valence-corrected chi connectivity index (χ0v) is 14.8. The van der Waals surface area contributed by atoms with Crippen LogP contribution in [0.15, 0.2) is 48.5 Å². The first-order chi connectivity index (χ1) is 11.5. The van der Waals surface area contributed by atoms with Crippen LogP contribution in [0.2, 0.25) is 5.02 Å². The van der Waals surface area contributed by atoms with Crippen molar-refractivity contribution >= 4 is 45.2 Å². The van der Waals surface area contributed by atoms with Crippen molar-refractivity contribution in [3.63, 3.8) is 0 Å². The van der Waals surface area contributed by atoms with Gasteiger partial charge in [-0.3, -0.25) is 4.79 Å². The van der Waals surface area contributed by atoms with Crippen molar-refractivity contribution in [2.45, 2.75) is 13.8 Å². The molecule has 0 saturated carbocycles. The number of rotatable bonds is 4. The van der Waals surface area contributed by atoms with Gasteiger partial charge >= 0.3 is 0 Å². The number of thiazole rings is 1. The van der Waals surface area contributed by atoms with E-state index >= 15 is 0 Å². The van der Waals surface area contributed by atoms with E-state index in [1.807, 2.05) is 38.1 Å². The monoisotopic (exact) mass is 357 g/mol. The average Bonchev–Trinajstić information content (AvgIpc) is 2.88. The number of nitrogens with zero attached hydrogens (tertiary/aromatic N) is 1. The minimum Gasteiger partial charge on any atom is -0.345 e. The van der Waals surface area contributed by atoms with E-state index in [9.17, 15) is 4.79 Å². The van der Waals surface area contributed by atoms with Crippen molar-refractivity contribution in [2.75, 3.05) is 10.6 Å². The molecule has 24 heavy (non-hydrogen) atoms. The minimum atomic E-state index is -0.267. The largest absolute Gasteiger partial charge is 0.345 e. The predicted molar refractivity (Wildman–Crippen MR) is 101 cm³/mol. The Morgan fingerprint density at radius 3 is 2.58 bits per heavy atom. The third kappa shape index (κ3) is 3.93. The Hall–Kier alpha value is -2.37. The van der Waals surface area contributed by atoms with Crippen LogP contribution in [0, 0.1) is 13.8 Å². The zero-order valence-electron chi connectivity index (χ0n) is 13.3. The van der Waals surface area contributed by atoms with Crippen molar-refractivity contribution in [1.29, 1.82) is 0 Å². The molecule has 0 saturated heterocycles. The highest BCUT2D eigenvalue weighted by Gasteiger charge is 2.17. The molecule has 1 aromatic heterocycles.